The molecule has 4 rings (SSSR count). The molecule has 2 aliphatic heterocycles. The van der Waals surface area contributed by atoms with Crippen LogP contribution in [0.2, 0.25) is 0 Å². The summed E-state index contributed by atoms with van der Waals surface area (Å²) < 4.78 is 16.3. The minimum atomic E-state index is -0.135. The summed E-state index contributed by atoms with van der Waals surface area (Å²) in [5, 5.41) is 2.69. The number of para-hydroxylation sites is 2. The Balaban J connectivity index is 1.34. The highest BCUT2D eigenvalue weighted by atomic mass is 32.2. The van der Waals surface area contributed by atoms with Crippen molar-refractivity contribution in [1.82, 2.24) is 14.7 Å². The third kappa shape index (κ3) is 5.65. The molecule has 36 heavy (non-hydrogen) atoms. The Morgan fingerprint density at radius 1 is 0.972 bits per heavy atom. The van der Waals surface area contributed by atoms with Crippen molar-refractivity contribution >= 4 is 29.4 Å². The third-order valence-corrected chi connectivity index (χ3v) is 7.99. The largest absolute Gasteiger partial charge is 0.497 e. The van der Waals surface area contributed by atoms with E-state index in [9.17, 15) is 9.59 Å². The number of amides is 3. The van der Waals surface area contributed by atoms with Crippen LogP contribution < -0.4 is 19.5 Å². The fourth-order valence-corrected chi connectivity index (χ4v) is 5.87. The predicted octanol–water partition coefficient (Wildman–Crippen LogP) is 3.52. The summed E-state index contributed by atoms with van der Waals surface area (Å²) in [6.45, 7) is 6.03. The number of nitrogens with one attached hydrogen (secondary N) is 1. The highest BCUT2D eigenvalue weighted by Gasteiger charge is 2.40. The van der Waals surface area contributed by atoms with Crippen molar-refractivity contribution in [3.05, 3.63) is 48.0 Å². The Hall–Kier alpha value is -3.11. The molecule has 2 heterocycles. The van der Waals surface area contributed by atoms with E-state index in [0.717, 1.165) is 36.7 Å². The quantitative estimate of drug-likeness (QED) is 0.577. The summed E-state index contributed by atoms with van der Waals surface area (Å²) in [5.41, 5.74) is 1.60. The third-order valence-electron chi connectivity index (χ3n) is 6.62. The van der Waals surface area contributed by atoms with Gasteiger partial charge in [-0.3, -0.25) is 9.69 Å². The van der Waals surface area contributed by atoms with Gasteiger partial charge in [0.2, 0.25) is 5.91 Å². The molecule has 0 saturated carbocycles. The van der Waals surface area contributed by atoms with E-state index in [2.05, 4.69) is 10.2 Å². The molecule has 2 aromatic carbocycles. The fourth-order valence-electron chi connectivity index (χ4n) is 4.54. The number of methoxy groups -OCH3 is 3. The van der Waals surface area contributed by atoms with E-state index in [1.807, 2.05) is 59.2 Å². The van der Waals surface area contributed by atoms with Crippen molar-refractivity contribution in [2.24, 2.45) is 0 Å². The SMILES string of the molecule is COc1ccc(OC)c(C2SC(C)C(=O)N2CCN2CCN(C(=O)Nc3ccccc3OC)CC2)c1. The Kier molecular flexibility index (Phi) is 8.48. The van der Waals surface area contributed by atoms with Crippen LogP contribution >= 0.6 is 11.8 Å². The van der Waals surface area contributed by atoms with Crippen LogP contribution in [0.25, 0.3) is 0 Å². The zero-order valence-electron chi connectivity index (χ0n) is 21.2. The van der Waals surface area contributed by atoms with E-state index in [4.69, 9.17) is 14.2 Å². The summed E-state index contributed by atoms with van der Waals surface area (Å²) in [5.74, 6) is 2.24. The van der Waals surface area contributed by atoms with Crippen LogP contribution in [-0.2, 0) is 4.79 Å². The van der Waals surface area contributed by atoms with Gasteiger partial charge in [-0.1, -0.05) is 12.1 Å². The molecule has 2 saturated heterocycles. The average Bonchev–Trinajstić information content (AvgIpc) is 3.20. The van der Waals surface area contributed by atoms with Crippen LogP contribution in [0.3, 0.4) is 0 Å². The van der Waals surface area contributed by atoms with Crippen LogP contribution in [0.1, 0.15) is 17.9 Å². The zero-order chi connectivity index (χ0) is 25.7. The molecule has 0 spiro atoms. The second-order valence-corrected chi connectivity index (χ2v) is 10.2. The number of piperazine rings is 1. The smallest absolute Gasteiger partial charge is 0.322 e. The number of urea groups is 1. The van der Waals surface area contributed by atoms with E-state index >= 15 is 0 Å². The summed E-state index contributed by atoms with van der Waals surface area (Å²) in [6, 6.07) is 12.9. The number of benzene rings is 2. The first kappa shape index (κ1) is 26.0. The molecule has 9 nitrogen and oxygen atoms in total. The molecule has 2 fully saturated rings. The summed E-state index contributed by atoms with van der Waals surface area (Å²) in [7, 11) is 4.86. The minimum absolute atomic E-state index is 0.124. The van der Waals surface area contributed by atoms with E-state index in [-0.39, 0.29) is 22.6 Å². The lowest BCUT2D eigenvalue weighted by Gasteiger charge is -2.36. The molecular formula is C26H34N4O5S. The number of anilines is 1. The first-order valence-electron chi connectivity index (χ1n) is 12.0. The molecule has 3 amide bonds. The molecule has 2 atom stereocenters. The molecule has 2 unspecified atom stereocenters. The Morgan fingerprint density at radius 3 is 2.39 bits per heavy atom. The van der Waals surface area contributed by atoms with Crippen molar-refractivity contribution in [3.63, 3.8) is 0 Å². The lowest BCUT2D eigenvalue weighted by atomic mass is 10.1. The zero-order valence-corrected chi connectivity index (χ0v) is 22.0. The topological polar surface area (TPSA) is 83.6 Å². The van der Waals surface area contributed by atoms with E-state index in [0.29, 0.717) is 31.1 Å². The lowest BCUT2D eigenvalue weighted by Crippen LogP contribution is -2.51. The van der Waals surface area contributed by atoms with Crippen molar-refractivity contribution in [1.29, 1.82) is 0 Å². The number of ether oxygens (including phenoxy) is 3. The maximum atomic E-state index is 13.0. The summed E-state index contributed by atoms with van der Waals surface area (Å²) in [6.07, 6.45) is 0. The van der Waals surface area contributed by atoms with Gasteiger partial charge in [0.15, 0.2) is 0 Å². The normalized spacial score (nSPS) is 20.4. The molecule has 10 heteroatoms. The predicted molar refractivity (Wildman–Crippen MR) is 141 cm³/mol. The van der Waals surface area contributed by atoms with E-state index in [1.54, 1.807) is 33.1 Å². The van der Waals surface area contributed by atoms with Gasteiger partial charge in [-0.15, -0.1) is 11.8 Å². The van der Waals surface area contributed by atoms with Gasteiger partial charge in [-0.2, -0.15) is 0 Å². The second-order valence-electron chi connectivity index (χ2n) is 8.73. The Morgan fingerprint density at radius 2 is 1.69 bits per heavy atom. The summed E-state index contributed by atoms with van der Waals surface area (Å²) >= 11 is 1.63. The molecule has 2 aromatic rings. The minimum Gasteiger partial charge on any atom is -0.497 e. The molecule has 0 radical (unpaired) electrons. The highest BCUT2D eigenvalue weighted by molar-refractivity contribution is 8.01. The van der Waals surface area contributed by atoms with E-state index in [1.165, 1.54) is 0 Å². The van der Waals surface area contributed by atoms with Crippen molar-refractivity contribution in [2.75, 3.05) is 65.9 Å². The highest BCUT2D eigenvalue weighted by Crippen LogP contribution is 2.46. The number of carbonyl (C=O) groups is 2. The second kappa shape index (κ2) is 11.7. The molecule has 0 aliphatic carbocycles. The van der Waals surface area contributed by atoms with Gasteiger partial charge in [0.1, 0.15) is 22.6 Å². The van der Waals surface area contributed by atoms with Crippen LogP contribution in [0.15, 0.2) is 42.5 Å². The van der Waals surface area contributed by atoms with E-state index < -0.39 is 0 Å². The number of rotatable bonds is 8. The monoisotopic (exact) mass is 514 g/mol. The van der Waals surface area contributed by atoms with Gasteiger partial charge in [0, 0.05) is 44.8 Å². The maximum absolute atomic E-state index is 13.0. The molecule has 1 N–H and O–H groups in total. The van der Waals surface area contributed by atoms with Gasteiger partial charge in [-0.05, 0) is 37.3 Å². The Labute approximate surface area is 216 Å². The summed E-state index contributed by atoms with van der Waals surface area (Å²) in [4.78, 5) is 31.8. The number of thioether (sulfide) groups is 1. The maximum Gasteiger partial charge on any atom is 0.322 e. The number of carbonyl (C=O) groups excluding carboxylic acids is 2. The van der Waals surface area contributed by atoms with Crippen molar-refractivity contribution in [3.8, 4) is 17.2 Å². The van der Waals surface area contributed by atoms with Gasteiger partial charge < -0.3 is 29.3 Å². The van der Waals surface area contributed by atoms with Gasteiger partial charge in [-0.25, -0.2) is 4.79 Å². The standard InChI is InChI=1S/C26H34N4O5S/c1-18-24(31)30(25(36-18)20-17-19(33-2)9-10-22(20)34-3)16-13-28-11-14-29(15-12-28)26(32)27-21-7-5-6-8-23(21)35-4/h5-10,17-18,25H,11-16H2,1-4H3,(H,27,32). The van der Waals surface area contributed by atoms with Crippen LogP contribution in [0, 0.1) is 0 Å². The van der Waals surface area contributed by atoms with Gasteiger partial charge >= 0.3 is 6.03 Å². The first-order valence-corrected chi connectivity index (χ1v) is 13.0. The van der Waals surface area contributed by atoms with Gasteiger partial charge in [0.25, 0.3) is 0 Å². The van der Waals surface area contributed by atoms with Crippen LogP contribution in [0.5, 0.6) is 17.2 Å². The molecule has 0 aromatic heterocycles. The Bertz CT molecular complexity index is 1080. The fraction of sp³-hybridized carbons (Fsp3) is 0.462. The molecule has 2 aliphatic rings. The van der Waals surface area contributed by atoms with Gasteiger partial charge in [0.05, 0.1) is 32.3 Å². The molecule has 0 bridgehead atoms. The van der Waals surface area contributed by atoms with Crippen LogP contribution in [-0.4, -0.2) is 92.5 Å². The molecular weight excluding hydrogens is 480 g/mol. The van der Waals surface area contributed by atoms with Crippen LogP contribution in [0.4, 0.5) is 10.5 Å². The average molecular weight is 515 g/mol. The molecule has 194 valence electrons. The number of nitrogens with zero attached hydrogens (tertiary/aromatic N) is 3. The van der Waals surface area contributed by atoms with Crippen molar-refractivity contribution in [2.45, 2.75) is 17.5 Å². The van der Waals surface area contributed by atoms with Crippen molar-refractivity contribution < 1.29 is 23.8 Å². The number of hydrogen-bond acceptors (Lipinski definition) is 7. The lowest BCUT2D eigenvalue weighted by molar-refractivity contribution is -0.130. The number of hydrogen-bond donors (Lipinski definition) is 1. The first-order chi connectivity index (χ1) is 17.4.